The van der Waals surface area contributed by atoms with Crippen LogP contribution in [0.1, 0.15) is 18.9 Å². The molecule has 0 aliphatic carbocycles. The first-order chi connectivity index (χ1) is 9.54. The van der Waals surface area contributed by atoms with Crippen molar-refractivity contribution in [3.05, 3.63) is 29.8 Å². The molecule has 0 bridgehead atoms. The normalized spacial score (nSPS) is 17.4. The molecule has 1 fully saturated rings. The fourth-order valence-corrected chi connectivity index (χ4v) is 2.03. The van der Waals surface area contributed by atoms with Crippen LogP contribution >= 0.6 is 0 Å². The third-order valence-electron chi connectivity index (χ3n) is 3.09. The quantitative estimate of drug-likeness (QED) is 0.743. The molecule has 0 spiro atoms. The van der Waals surface area contributed by atoms with Crippen molar-refractivity contribution in [2.75, 3.05) is 11.9 Å². The lowest BCUT2D eigenvalue weighted by Crippen LogP contribution is -2.31. The Bertz CT molecular complexity index is 525. The number of carbonyl (C=O) groups excluding carboxylic acids is 3. The highest BCUT2D eigenvalue weighted by molar-refractivity contribution is 5.89. The number of hydrogen-bond donors (Lipinski definition) is 3. The van der Waals surface area contributed by atoms with Crippen LogP contribution in [0.5, 0.6) is 0 Å². The Balaban J connectivity index is 1.83. The molecule has 2 rings (SSSR count). The first kappa shape index (κ1) is 14.0. The summed E-state index contributed by atoms with van der Waals surface area (Å²) in [5.74, 6) is -0.593. The fraction of sp³-hybridized carbons (Fsp3) is 0.357. The maximum Gasteiger partial charge on any atom is 0.225 e. The molecule has 20 heavy (non-hydrogen) atoms. The predicted molar refractivity (Wildman–Crippen MR) is 73.7 cm³/mol. The van der Waals surface area contributed by atoms with E-state index in [0.717, 1.165) is 11.3 Å². The van der Waals surface area contributed by atoms with Gasteiger partial charge in [0.25, 0.3) is 0 Å². The largest absolute Gasteiger partial charge is 0.355 e. The van der Waals surface area contributed by atoms with Crippen molar-refractivity contribution in [2.45, 2.75) is 19.9 Å². The van der Waals surface area contributed by atoms with E-state index in [4.69, 9.17) is 0 Å². The summed E-state index contributed by atoms with van der Waals surface area (Å²) in [6.07, 6.45) is 0.257. The molecule has 6 nitrogen and oxygen atoms in total. The SMILES string of the molecule is CC(=O)Nc1ccc(CNC(=O)C2CNC(=O)C2)cc1. The minimum atomic E-state index is -0.277. The van der Waals surface area contributed by atoms with Gasteiger partial charge in [-0.1, -0.05) is 12.1 Å². The summed E-state index contributed by atoms with van der Waals surface area (Å²) in [7, 11) is 0. The van der Waals surface area contributed by atoms with Crippen molar-refractivity contribution < 1.29 is 14.4 Å². The van der Waals surface area contributed by atoms with Crippen LogP contribution in [0, 0.1) is 5.92 Å². The zero-order chi connectivity index (χ0) is 14.5. The second-order valence-corrected chi connectivity index (χ2v) is 4.80. The monoisotopic (exact) mass is 275 g/mol. The first-order valence-corrected chi connectivity index (χ1v) is 6.45. The molecule has 6 heteroatoms. The Morgan fingerprint density at radius 3 is 2.55 bits per heavy atom. The molecule has 0 radical (unpaired) electrons. The second kappa shape index (κ2) is 6.18. The van der Waals surface area contributed by atoms with Gasteiger partial charge in [0.05, 0.1) is 5.92 Å². The summed E-state index contributed by atoms with van der Waals surface area (Å²) in [6.45, 7) is 2.26. The third kappa shape index (κ3) is 3.81. The van der Waals surface area contributed by atoms with Crippen molar-refractivity contribution in [1.82, 2.24) is 10.6 Å². The van der Waals surface area contributed by atoms with E-state index in [0.29, 0.717) is 13.1 Å². The highest BCUT2D eigenvalue weighted by Crippen LogP contribution is 2.11. The van der Waals surface area contributed by atoms with E-state index in [1.54, 1.807) is 12.1 Å². The van der Waals surface area contributed by atoms with Crippen LogP contribution in [-0.4, -0.2) is 24.3 Å². The van der Waals surface area contributed by atoms with Crippen LogP contribution in [0.15, 0.2) is 24.3 Å². The van der Waals surface area contributed by atoms with Crippen LogP contribution < -0.4 is 16.0 Å². The lowest BCUT2D eigenvalue weighted by Gasteiger charge is -2.09. The van der Waals surface area contributed by atoms with Gasteiger partial charge >= 0.3 is 0 Å². The van der Waals surface area contributed by atoms with Crippen LogP contribution in [-0.2, 0) is 20.9 Å². The highest BCUT2D eigenvalue weighted by atomic mass is 16.2. The number of carbonyl (C=O) groups is 3. The molecule has 3 N–H and O–H groups in total. The number of hydrogen-bond acceptors (Lipinski definition) is 3. The highest BCUT2D eigenvalue weighted by Gasteiger charge is 2.27. The standard InChI is InChI=1S/C14H17N3O3/c1-9(18)17-12-4-2-10(3-5-12)7-16-14(20)11-6-13(19)15-8-11/h2-5,11H,6-8H2,1H3,(H,15,19)(H,16,20)(H,17,18). The van der Waals surface area contributed by atoms with E-state index >= 15 is 0 Å². The summed E-state index contributed by atoms with van der Waals surface area (Å²) in [5, 5.41) is 8.11. The number of rotatable bonds is 4. The molecule has 1 unspecified atom stereocenters. The minimum Gasteiger partial charge on any atom is -0.355 e. The van der Waals surface area contributed by atoms with Crippen LogP contribution in [0.2, 0.25) is 0 Å². The number of nitrogens with one attached hydrogen (secondary N) is 3. The minimum absolute atomic E-state index is 0.0789. The molecule has 1 aromatic carbocycles. The average molecular weight is 275 g/mol. The summed E-state index contributed by atoms with van der Waals surface area (Å²) in [4.78, 5) is 33.7. The van der Waals surface area contributed by atoms with Gasteiger partial charge in [0.1, 0.15) is 0 Å². The van der Waals surface area contributed by atoms with Crippen molar-refractivity contribution in [3.8, 4) is 0 Å². The van der Waals surface area contributed by atoms with E-state index in [-0.39, 0.29) is 30.1 Å². The van der Waals surface area contributed by atoms with E-state index in [2.05, 4.69) is 16.0 Å². The Kier molecular flexibility index (Phi) is 4.34. The molecule has 3 amide bonds. The van der Waals surface area contributed by atoms with Gasteiger partial charge in [0.15, 0.2) is 0 Å². The van der Waals surface area contributed by atoms with Crippen molar-refractivity contribution in [1.29, 1.82) is 0 Å². The van der Waals surface area contributed by atoms with Gasteiger partial charge in [-0.3, -0.25) is 14.4 Å². The summed E-state index contributed by atoms with van der Waals surface area (Å²) in [6, 6.07) is 7.24. The van der Waals surface area contributed by atoms with Gasteiger partial charge in [-0.2, -0.15) is 0 Å². The van der Waals surface area contributed by atoms with Gasteiger partial charge in [0.2, 0.25) is 17.7 Å². The summed E-state index contributed by atoms with van der Waals surface area (Å²) in [5.41, 5.74) is 1.66. The number of benzene rings is 1. The maximum atomic E-state index is 11.8. The molecule has 106 valence electrons. The molecule has 1 saturated heterocycles. The van der Waals surface area contributed by atoms with Crippen LogP contribution in [0.4, 0.5) is 5.69 Å². The average Bonchev–Trinajstić information content (AvgIpc) is 2.84. The topological polar surface area (TPSA) is 87.3 Å². The fourth-order valence-electron chi connectivity index (χ4n) is 2.03. The third-order valence-corrected chi connectivity index (χ3v) is 3.09. The molecule has 1 heterocycles. The van der Waals surface area contributed by atoms with E-state index in [1.165, 1.54) is 6.92 Å². The summed E-state index contributed by atoms with van der Waals surface area (Å²) >= 11 is 0. The van der Waals surface area contributed by atoms with Gasteiger partial charge in [-0.25, -0.2) is 0 Å². The molecule has 0 aromatic heterocycles. The Labute approximate surface area is 116 Å². The van der Waals surface area contributed by atoms with Gasteiger partial charge < -0.3 is 16.0 Å². The number of amides is 3. The van der Waals surface area contributed by atoms with E-state index < -0.39 is 0 Å². The number of anilines is 1. The van der Waals surface area contributed by atoms with Crippen molar-refractivity contribution >= 4 is 23.4 Å². The lowest BCUT2D eigenvalue weighted by molar-refractivity contribution is -0.126. The van der Waals surface area contributed by atoms with Crippen LogP contribution in [0.3, 0.4) is 0 Å². The van der Waals surface area contributed by atoms with Gasteiger partial charge in [-0.05, 0) is 17.7 Å². The zero-order valence-electron chi connectivity index (χ0n) is 11.2. The molecule has 1 aliphatic rings. The Morgan fingerprint density at radius 1 is 1.30 bits per heavy atom. The smallest absolute Gasteiger partial charge is 0.225 e. The molecular weight excluding hydrogens is 258 g/mol. The Hall–Kier alpha value is -2.37. The van der Waals surface area contributed by atoms with Gasteiger partial charge in [-0.15, -0.1) is 0 Å². The molecular formula is C14H17N3O3. The van der Waals surface area contributed by atoms with Crippen LogP contribution in [0.25, 0.3) is 0 Å². The zero-order valence-corrected chi connectivity index (χ0v) is 11.2. The second-order valence-electron chi connectivity index (χ2n) is 4.80. The van der Waals surface area contributed by atoms with Crippen molar-refractivity contribution in [3.63, 3.8) is 0 Å². The molecule has 1 atom stereocenters. The molecule has 1 aromatic rings. The molecule has 1 aliphatic heterocycles. The van der Waals surface area contributed by atoms with Gasteiger partial charge in [0, 0.05) is 32.1 Å². The van der Waals surface area contributed by atoms with E-state index in [9.17, 15) is 14.4 Å². The summed E-state index contributed by atoms with van der Waals surface area (Å²) < 4.78 is 0. The first-order valence-electron chi connectivity index (χ1n) is 6.45. The maximum absolute atomic E-state index is 11.8. The van der Waals surface area contributed by atoms with Crippen molar-refractivity contribution in [2.24, 2.45) is 5.92 Å². The lowest BCUT2D eigenvalue weighted by atomic mass is 10.1. The van der Waals surface area contributed by atoms with E-state index in [1.807, 2.05) is 12.1 Å². The predicted octanol–water partition coefficient (Wildman–Crippen LogP) is 0.397. The molecule has 0 saturated carbocycles. The Morgan fingerprint density at radius 2 is 2.00 bits per heavy atom.